The zero-order valence-electron chi connectivity index (χ0n) is 17.6. The lowest BCUT2D eigenvalue weighted by molar-refractivity contribution is 0.0732. The van der Waals surface area contributed by atoms with E-state index in [4.69, 9.17) is 19.5 Å². The molecule has 0 aliphatic carbocycles. The Hall–Kier alpha value is -3.10. The molecule has 0 spiro atoms. The number of nitrogens with one attached hydrogen (secondary N) is 1. The van der Waals surface area contributed by atoms with E-state index in [2.05, 4.69) is 50.0 Å². The quantitative estimate of drug-likeness (QED) is 0.703. The van der Waals surface area contributed by atoms with Crippen molar-refractivity contribution in [3.05, 3.63) is 54.1 Å². The second kappa shape index (κ2) is 7.55. The first-order valence-corrected chi connectivity index (χ1v) is 10.8. The molecular formula is C23H26N6O2. The maximum Gasteiger partial charge on any atom is 0.216 e. The number of aromatic nitrogens is 2. The molecule has 0 radical (unpaired) electrons. The molecule has 1 fully saturated rings. The molecule has 1 saturated heterocycles. The summed E-state index contributed by atoms with van der Waals surface area (Å²) in [6, 6.07) is 16.4. The number of ether oxygens (including phenoxy) is 2. The number of nitrogens with zero attached hydrogens (tertiary/aromatic N) is 5. The van der Waals surface area contributed by atoms with Crippen molar-refractivity contribution in [2.24, 2.45) is 4.99 Å². The highest BCUT2D eigenvalue weighted by Gasteiger charge is 2.36. The smallest absolute Gasteiger partial charge is 0.216 e. The summed E-state index contributed by atoms with van der Waals surface area (Å²) in [5, 5.41) is 3.66. The van der Waals surface area contributed by atoms with Crippen LogP contribution < -0.4 is 15.0 Å². The predicted molar refractivity (Wildman–Crippen MR) is 119 cm³/mol. The van der Waals surface area contributed by atoms with Crippen LogP contribution in [0.25, 0.3) is 11.0 Å². The lowest BCUT2D eigenvalue weighted by Crippen LogP contribution is -2.58. The highest BCUT2D eigenvalue weighted by Crippen LogP contribution is 2.34. The van der Waals surface area contributed by atoms with Crippen molar-refractivity contribution in [2.45, 2.75) is 25.1 Å². The standard InChI is InChI=1S/C23H26N6O2/c1-30-17-7-4-6-16(12-17)21-26-22-24-14-27(13-18-8-5-11-31-18)15-28(22)23-25-19-9-2-3-10-20(19)29(21)23/h2-4,6-7,9-10,12,18,21H,5,8,11,13-15H2,1H3,(H,24,26)/t18-,21-/m0/s1. The summed E-state index contributed by atoms with van der Waals surface area (Å²) in [5.74, 6) is 2.60. The summed E-state index contributed by atoms with van der Waals surface area (Å²) in [7, 11) is 1.70. The van der Waals surface area contributed by atoms with Crippen molar-refractivity contribution in [3.63, 3.8) is 0 Å². The lowest BCUT2D eigenvalue weighted by Gasteiger charge is -2.42. The van der Waals surface area contributed by atoms with Crippen LogP contribution in [0, 0.1) is 0 Å². The zero-order valence-corrected chi connectivity index (χ0v) is 17.6. The van der Waals surface area contributed by atoms with Gasteiger partial charge >= 0.3 is 0 Å². The number of hydrogen-bond donors (Lipinski definition) is 1. The molecule has 3 aliphatic heterocycles. The van der Waals surface area contributed by atoms with Crippen molar-refractivity contribution >= 4 is 22.9 Å². The molecule has 6 rings (SSSR count). The first-order chi connectivity index (χ1) is 15.3. The van der Waals surface area contributed by atoms with E-state index in [0.717, 1.165) is 66.9 Å². The molecule has 8 heteroatoms. The van der Waals surface area contributed by atoms with Gasteiger partial charge in [0.2, 0.25) is 11.9 Å². The molecular weight excluding hydrogens is 392 g/mol. The van der Waals surface area contributed by atoms with Crippen molar-refractivity contribution in [1.82, 2.24) is 19.8 Å². The number of aliphatic imine (C=N–C) groups is 1. The number of fused-ring (bicyclic) bond motifs is 5. The topological polar surface area (TPSA) is 67.2 Å². The van der Waals surface area contributed by atoms with Crippen molar-refractivity contribution < 1.29 is 9.47 Å². The van der Waals surface area contributed by atoms with Crippen LogP contribution >= 0.6 is 0 Å². The molecule has 3 aromatic rings. The van der Waals surface area contributed by atoms with Crippen LogP contribution in [0.3, 0.4) is 0 Å². The van der Waals surface area contributed by atoms with Gasteiger partial charge in [-0.3, -0.25) is 14.4 Å². The first-order valence-electron chi connectivity index (χ1n) is 10.8. The molecule has 160 valence electrons. The molecule has 3 aliphatic rings. The van der Waals surface area contributed by atoms with E-state index in [0.29, 0.717) is 12.8 Å². The van der Waals surface area contributed by atoms with Gasteiger partial charge in [-0.15, -0.1) is 0 Å². The third kappa shape index (κ3) is 3.23. The number of rotatable bonds is 4. The van der Waals surface area contributed by atoms with Gasteiger partial charge in [-0.25, -0.2) is 9.98 Å². The van der Waals surface area contributed by atoms with E-state index < -0.39 is 0 Å². The predicted octanol–water partition coefficient (Wildman–Crippen LogP) is 2.77. The van der Waals surface area contributed by atoms with Gasteiger partial charge in [-0.1, -0.05) is 24.3 Å². The fraction of sp³-hybridized carbons (Fsp3) is 0.391. The van der Waals surface area contributed by atoms with Gasteiger partial charge in [0.05, 0.1) is 37.6 Å². The van der Waals surface area contributed by atoms with E-state index in [1.165, 1.54) is 0 Å². The number of methoxy groups -OCH3 is 1. The largest absolute Gasteiger partial charge is 0.497 e. The lowest BCUT2D eigenvalue weighted by atomic mass is 10.1. The van der Waals surface area contributed by atoms with Crippen molar-refractivity contribution in [1.29, 1.82) is 0 Å². The number of guanidine groups is 1. The van der Waals surface area contributed by atoms with Gasteiger partial charge in [0, 0.05) is 13.2 Å². The number of anilines is 1. The van der Waals surface area contributed by atoms with E-state index in [1.807, 2.05) is 18.2 Å². The van der Waals surface area contributed by atoms with Crippen LogP contribution in [0.1, 0.15) is 24.6 Å². The molecule has 1 N–H and O–H groups in total. The molecule has 8 nitrogen and oxygen atoms in total. The van der Waals surface area contributed by atoms with Gasteiger partial charge in [0.15, 0.2) is 0 Å². The van der Waals surface area contributed by atoms with E-state index in [9.17, 15) is 0 Å². The Morgan fingerprint density at radius 3 is 3.00 bits per heavy atom. The van der Waals surface area contributed by atoms with Gasteiger partial charge in [-0.2, -0.15) is 0 Å². The number of benzene rings is 2. The maximum atomic E-state index is 5.85. The summed E-state index contributed by atoms with van der Waals surface area (Å²) in [6.45, 7) is 3.16. The van der Waals surface area contributed by atoms with Crippen molar-refractivity contribution in [3.8, 4) is 5.75 Å². The van der Waals surface area contributed by atoms with E-state index >= 15 is 0 Å². The summed E-state index contributed by atoms with van der Waals surface area (Å²) in [5.41, 5.74) is 3.17. The molecule has 2 aromatic carbocycles. The molecule has 0 saturated carbocycles. The van der Waals surface area contributed by atoms with Crippen LogP contribution in [0.2, 0.25) is 0 Å². The average molecular weight is 419 g/mol. The third-order valence-electron chi connectivity index (χ3n) is 6.26. The minimum Gasteiger partial charge on any atom is -0.497 e. The van der Waals surface area contributed by atoms with Crippen LogP contribution in [0.4, 0.5) is 5.95 Å². The summed E-state index contributed by atoms with van der Waals surface area (Å²) in [4.78, 5) is 14.4. The molecule has 0 amide bonds. The number of hydrogen-bond acceptors (Lipinski definition) is 7. The number of para-hydroxylation sites is 2. The molecule has 2 atom stereocenters. The van der Waals surface area contributed by atoms with Gasteiger partial charge in [0.25, 0.3) is 0 Å². The molecule has 1 aromatic heterocycles. The molecule has 31 heavy (non-hydrogen) atoms. The monoisotopic (exact) mass is 418 g/mol. The number of imidazole rings is 1. The SMILES string of the molecule is COc1cccc([C@H]2NC3=NCN(C[C@@H]4CCCO4)CN3c3nc4ccccc4n32)c1. The van der Waals surface area contributed by atoms with Gasteiger partial charge < -0.3 is 14.8 Å². The second-order valence-electron chi connectivity index (χ2n) is 8.28. The van der Waals surface area contributed by atoms with Crippen LogP contribution in [0.15, 0.2) is 53.5 Å². The average Bonchev–Trinajstić information content (AvgIpc) is 3.46. The Bertz CT molecular complexity index is 1140. The molecule has 0 bridgehead atoms. The van der Waals surface area contributed by atoms with E-state index in [-0.39, 0.29) is 6.17 Å². The van der Waals surface area contributed by atoms with Crippen LogP contribution in [0.5, 0.6) is 5.75 Å². The van der Waals surface area contributed by atoms with Crippen molar-refractivity contribution in [2.75, 3.05) is 38.5 Å². The summed E-state index contributed by atoms with van der Waals surface area (Å²) < 4.78 is 13.6. The Labute approximate surface area is 181 Å². The fourth-order valence-electron chi connectivity index (χ4n) is 4.74. The Kier molecular flexibility index (Phi) is 4.54. The third-order valence-corrected chi connectivity index (χ3v) is 6.26. The van der Waals surface area contributed by atoms with E-state index in [1.54, 1.807) is 7.11 Å². The zero-order chi connectivity index (χ0) is 20.8. The molecule has 0 unspecified atom stereocenters. The summed E-state index contributed by atoms with van der Waals surface area (Å²) in [6.07, 6.45) is 2.47. The summed E-state index contributed by atoms with van der Waals surface area (Å²) >= 11 is 0. The Balaban J connectivity index is 1.41. The van der Waals surface area contributed by atoms with Crippen LogP contribution in [-0.4, -0.2) is 60.1 Å². The minimum atomic E-state index is -0.114. The maximum absolute atomic E-state index is 5.85. The van der Waals surface area contributed by atoms with Gasteiger partial charge in [-0.05, 0) is 42.7 Å². The minimum absolute atomic E-state index is 0.114. The normalized spacial score (nSPS) is 23.3. The first kappa shape index (κ1) is 18.7. The highest BCUT2D eigenvalue weighted by atomic mass is 16.5. The Morgan fingerprint density at radius 2 is 2.13 bits per heavy atom. The highest BCUT2D eigenvalue weighted by molar-refractivity contribution is 5.98. The van der Waals surface area contributed by atoms with Gasteiger partial charge in [0.1, 0.15) is 11.9 Å². The fourth-order valence-corrected chi connectivity index (χ4v) is 4.74. The molecule has 4 heterocycles. The Morgan fingerprint density at radius 1 is 1.19 bits per heavy atom. The second-order valence-corrected chi connectivity index (χ2v) is 8.28. The van der Waals surface area contributed by atoms with Crippen LogP contribution in [-0.2, 0) is 4.74 Å².